The molecule has 0 aromatic carbocycles. The van der Waals surface area contributed by atoms with Gasteiger partial charge in [0.05, 0.1) is 9.77 Å². The van der Waals surface area contributed by atoms with Gasteiger partial charge < -0.3 is 0 Å². The van der Waals surface area contributed by atoms with Gasteiger partial charge in [0.1, 0.15) is 5.69 Å². The zero-order valence-corrected chi connectivity index (χ0v) is 8.26. The Bertz CT molecular complexity index is 245. The van der Waals surface area contributed by atoms with Crippen molar-refractivity contribution in [2.45, 2.75) is 12.8 Å². The third-order valence-corrected chi connectivity index (χ3v) is 2.10. The second-order valence-corrected chi connectivity index (χ2v) is 3.52. The maximum absolute atomic E-state index is 12.7. The van der Waals surface area contributed by atoms with E-state index in [9.17, 15) is 8.78 Å². The molecule has 62 valence electrons. The second kappa shape index (κ2) is 2.69. The molecule has 0 unspecified atom stereocenters. The Kier molecular flexibility index (Phi) is 2.17. The van der Waals surface area contributed by atoms with Crippen molar-refractivity contribution in [3.63, 3.8) is 0 Å². The Morgan fingerprint density at radius 1 is 1.64 bits per heavy atom. The molecule has 1 aromatic rings. The summed E-state index contributed by atoms with van der Waals surface area (Å²) >= 11 is 1.84. The monoisotopic (exact) mass is 272 g/mol. The summed E-state index contributed by atoms with van der Waals surface area (Å²) in [7, 11) is 1.51. The smallest absolute Gasteiger partial charge is 0.265 e. The molecule has 0 fully saturated rings. The van der Waals surface area contributed by atoms with Gasteiger partial charge in [-0.05, 0) is 22.6 Å². The zero-order valence-electron chi connectivity index (χ0n) is 6.11. The number of hydrogen-bond acceptors (Lipinski definition) is 1. The lowest BCUT2D eigenvalue weighted by Gasteiger charge is -2.10. The fraction of sp³-hybridized carbons (Fsp3) is 0.500. The highest BCUT2D eigenvalue weighted by Crippen LogP contribution is 2.29. The Morgan fingerprint density at radius 2 is 2.18 bits per heavy atom. The van der Waals surface area contributed by atoms with Gasteiger partial charge in [0, 0.05) is 14.0 Å². The minimum Gasteiger partial charge on any atom is -0.265 e. The normalized spacial score (nSPS) is 12.1. The lowest BCUT2D eigenvalue weighted by molar-refractivity contribution is 0.00794. The predicted molar refractivity (Wildman–Crippen MR) is 45.5 cm³/mol. The third-order valence-electron chi connectivity index (χ3n) is 1.31. The first kappa shape index (κ1) is 8.89. The van der Waals surface area contributed by atoms with Crippen LogP contribution in [0.2, 0.25) is 0 Å². The van der Waals surface area contributed by atoms with E-state index in [1.54, 1.807) is 0 Å². The molecular formula is C6H7F2IN2. The van der Waals surface area contributed by atoms with Crippen LogP contribution in [0.3, 0.4) is 0 Å². The Balaban J connectivity index is 3.21. The molecule has 11 heavy (non-hydrogen) atoms. The van der Waals surface area contributed by atoms with E-state index in [0.29, 0.717) is 3.57 Å². The highest BCUT2D eigenvalue weighted by atomic mass is 127. The summed E-state index contributed by atoms with van der Waals surface area (Å²) < 4.78 is 27.2. The standard InChI is InChI=1S/C6H7F2IN2/c1-6(7,8)5-4(9)3-10-11(5)2/h3H,1-2H3. The van der Waals surface area contributed by atoms with Crippen molar-refractivity contribution in [2.24, 2.45) is 7.05 Å². The van der Waals surface area contributed by atoms with E-state index < -0.39 is 5.92 Å². The highest BCUT2D eigenvalue weighted by molar-refractivity contribution is 14.1. The van der Waals surface area contributed by atoms with Crippen molar-refractivity contribution in [3.8, 4) is 0 Å². The number of rotatable bonds is 1. The average Bonchev–Trinajstić information content (AvgIpc) is 2.08. The predicted octanol–water partition coefficient (Wildman–Crippen LogP) is 2.14. The van der Waals surface area contributed by atoms with Gasteiger partial charge >= 0.3 is 0 Å². The first-order valence-corrected chi connectivity index (χ1v) is 4.06. The first-order chi connectivity index (χ1) is 4.93. The Hall–Kier alpha value is -0.200. The van der Waals surface area contributed by atoms with Crippen LogP contribution >= 0.6 is 22.6 Å². The topological polar surface area (TPSA) is 17.8 Å². The Labute approximate surface area is 76.7 Å². The minimum absolute atomic E-state index is 0.0295. The summed E-state index contributed by atoms with van der Waals surface area (Å²) in [5.74, 6) is -2.80. The molecule has 0 radical (unpaired) electrons. The molecule has 0 N–H and O–H groups in total. The van der Waals surface area contributed by atoms with Gasteiger partial charge in [-0.2, -0.15) is 13.9 Å². The quantitative estimate of drug-likeness (QED) is 0.716. The van der Waals surface area contributed by atoms with Crippen LogP contribution in [0.5, 0.6) is 0 Å². The van der Waals surface area contributed by atoms with Gasteiger partial charge in [-0.15, -0.1) is 0 Å². The summed E-state index contributed by atoms with van der Waals surface area (Å²) in [6, 6.07) is 0. The van der Waals surface area contributed by atoms with Gasteiger partial charge in [0.25, 0.3) is 5.92 Å². The maximum atomic E-state index is 12.7. The molecule has 0 atom stereocenters. The van der Waals surface area contributed by atoms with E-state index in [2.05, 4.69) is 5.10 Å². The van der Waals surface area contributed by atoms with Gasteiger partial charge in [-0.3, -0.25) is 4.68 Å². The van der Waals surface area contributed by atoms with Crippen molar-refractivity contribution in [2.75, 3.05) is 0 Å². The summed E-state index contributed by atoms with van der Waals surface area (Å²) in [5, 5.41) is 3.71. The molecule has 2 nitrogen and oxygen atoms in total. The van der Waals surface area contributed by atoms with E-state index in [0.717, 1.165) is 6.92 Å². The van der Waals surface area contributed by atoms with Crippen LogP contribution in [0.25, 0.3) is 0 Å². The van der Waals surface area contributed by atoms with Crippen LogP contribution in [0.15, 0.2) is 6.20 Å². The van der Waals surface area contributed by atoms with Crippen molar-refractivity contribution < 1.29 is 8.78 Å². The van der Waals surface area contributed by atoms with Crippen LogP contribution in [0.1, 0.15) is 12.6 Å². The molecular weight excluding hydrogens is 265 g/mol. The molecule has 5 heteroatoms. The number of aromatic nitrogens is 2. The molecule has 1 heterocycles. The van der Waals surface area contributed by atoms with Crippen LogP contribution in [-0.2, 0) is 13.0 Å². The molecule has 0 spiro atoms. The molecule has 0 aliphatic heterocycles. The van der Waals surface area contributed by atoms with E-state index in [-0.39, 0.29) is 5.69 Å². The zero-order chi connectivity index (χ0) is 8.65. The number of hydrogen-bond donors (Lipinski definition) is 0. The van der Waals surface area contributed by atoms with E-state index in [4.69, 9.17) is 0 Å². The molecule has 1 rings (SSSR count). The maximum Gasteiger partial charge on any atom is 0.287 e. The van der Waals surface area contributed by atoms with Crippen LogP contribution < -0.4 is 0 Å². The average molecular weight is 272 g/mol. The highest BCUT2D eigenvalue weighted by Gasteiger charge is 2.30. The lowest BCUT2D eigenvalue weighted by Crippen LogP contribution is -2.14. The van der Waals surface area contributed by atoms with Crippen molar-refractivity contribution in [3.05, 3.63) is 15.5 Å². The number of alkyl halides is 2. The molecule has 1 aromatic heterocycles. The van der Waals surface area contributed by atoms with E-state index in [1.165, 1.54) is 17.9 Å². The fourth-order valence-corrected chi connectivity index (χ4v) is 1.85. The summed E-state index contributed by atoms with van der Waals surface area (Å²) in [6.45, 7) is 0.867. The number of halogens is 3. The molecule has 0 aliphatic carbocycles. The summed E-state index contributed by atoms with van der Waals surface area (Å²) in [5.41, 5.74) is -0.0295. The number of aryl methyl sites for hydroxylation is 1. The van der Waals surface area contributed by atoms with Gasteiger partial charge in [-0.1, -0.05) is 0 Å². The third kappa shape index (κ3) is 1.69. The molecule has 0 saturated carbocycles. The summed E-state index contributed by atoms with van der Waals surface area (Å²) in [4.78, 5) is 0. The van der Waals surface area contributed by atoms with Crippen LogP contribution in [-0.4, -0.2) is 9.78 Å². The van der Waals surface area contributed by atoms with Crippen LogP contribution in [0.4, 0.5) is 8.78 Å². The lowest BCUT2D eigenvalue weighted by atomic mass is 10.3. The largest absolute Gasteiger partial charge is 0.287 e. The second-order valence-electron chi connectivity index (χ2n) is 2.35. The van der Waals surface area contributed by atoms with Crippen molar-refractivity contribution in [1.29, 1.82) is 0 Å². The molecule has 0 aliphatic rings. The van der Waals surface area contributed by atoms with Gasteiger partial charge in [-0.25, -0.2) is 0 Å². The SMILES string of the molecule is Cn1ncc(I)c1C(C)(F)F. The van der Waals surface area contributed by atoms with Gasteiger partial charge in [0.2, 0.25) is 0 Å². The summed E-state index contributed by atoms with van der Waals surface area (Å²) in [6.07, 6.45) is 1.42. The Morgan fingerprint density at radius 3 is 2.36 bits per heavy atom. The minimum atomic E-state index is -2.80. The number of nitrogens with zero attached hydrogens (tertiary/aromatic N) is 2. The van der Waals surface area contributed by atoms with Gasteiger partial charge in [0.15, 0.2) is 0 Å². The van der Waals surface area contributed by atoms with E-state index >= 15 is 0 Å². The van der Waals surface area contributed by atoms with Crippen LogP contribution in [0, 0.1) is 3.57 Å². The molecule has 0 saturated heterocycles. The van der Waals surface area contributed by atoms with Crippen molar-refractivity contribution >= 4 is 22.6 Å². The van der Waals surface area contributed by atoms with Crippen molar-refractivity contribution in [1.82, 2.24) is 9.78 Å². The first-order valence-electron chi connectivity index (χ1n) is 2.98. The molecule has 0 bridgehead atoms. The molecule has 0 amide bonds. The fourth-order valence-electron chi connectivity index (χ4n) is 0.905. The van der Waals surface area contributed by atoms with E-state index in [1.807, 2.05) is 22.6 Å².